The summed E-state index contributed by atoms with van der Waals surface area (Å²) < 4.78 is 13.9. The molecule has 0 saturated heterocycles. The van der Waals surface area contributed by atoms with E-state index < -0.39 is 0 Å². The molecule has 0 spiro atoms. The normalized spacial score (nSPS) is 12.5. The lowest BCUT2D eigenvalue weighted by atomic mass is 9.34. The van der Waals surface area contributed by atoms with E-state index in [1.54, 1.807) is 0 Å². The highest BCUT2D eigenvalue weighted by molar-refractivity contribution is 6.99. The molecule has 0 atom stereocenters. The van der Waals surface area contributed by atoms with Gasteiger partial charge in [-0.05, 0) is 135 Å². The third-order valence-electron chi connectivity index (χ3n) is 12.9. The van der Waals surface area contributed by atoms with E-state index in [4.69, 9.17) is 9.15 Å². The van der Waals surface area contributed by atoms with E-state index in [2.05, 4.69) is 234 Å². The van der Waals surface area contributed by atoms with Crippen molar-refractivity contribution >= 4 is 89.9 Å². The second kappa shape index (κ2) is 14.2. The number of furan rings is 1. The van der Waals surface area contributed by atoms with Gasteiger partial charge in [0, 0.05) is 50.3 Å². The molecule has 3 heterocycles. The fourth-order valence-corrected chi connectivity index (χ4v) is 10.0. The number of fused-ring (bicyclic) bond motifs is 9. The molecular weight excluding hydrogens is 767 g/mol. The van der Waals surface area contributed by atoms with Crippen molar-refractivity contribution < 1.29 is 9.15 Å². The average molecular weight is 805 g/mol. The van der Waals surface area contributed by atoms with Gasteiger partial charge in [0.25, 0.3) is 6.71 Å². The maximum absolute atomic E-state index is 6.98. The van der Waals surface area contributed by atoms with E-state index in [0.717, 1.165) is 89.3 Å². The Kier molecular flexibility index (Phi) is 7.97. The lowest BCUT2D eigenvalue weighted by Gasteiger charge is -2.40. The van der Waals surface area contributed by atoms with Gasteiger partial charge in [-0.3, -0.25) is 0 Å². The van der Waals surface area contributed by atoms with Gasteiger partial charge in [-0.1, -0.05) is 133 Å². The number of rotatable bonds is 6. The number of para-hydroxylation sites is 2. The number of hydrogen-bond donors (Lipinski definition) is 0. The minimum atomic E-state index is -0.0767. The van der Waals surface area contributed by atoms with E-state index in [0.29, 0.717) is 0 Å². The number of nitrogens with zero attached hydrogens (tertiary/aromatic N) is 2. The van der Waals surface area contributed by atoms with E-state index in [1.165, 1.54) is 27.7 Å². The van der Waals surface area contributed by atoms with Crippen molar-refractivity contribution in [1.82, 2.24) is 0 Å². The van der Waals surface area contributed by atoms with Crippen LogP contribution in [-0.4, -0.2) is 6.71 Å². The van der Waals surface area contributed by atoms with E-state index >= 15 is 0 Å². The number of anilines is 6. The zero-order valence-electron chi connectivity index (χ0n) is 34.2. The van der Waals surface area contributed by atoms with Crippen LogP contribution in [0.3, 0.4) is 0 Å². The highest BCUT2D eigenvalue weighted by Crippen LogP contribution is 2.45. The molecule has 0 aliphatic carbocycles. The van der Waals surface area contributed by atoms with Crippen LogP contribution >= 0.6 is 0 Å². The van der Waals surface area contributed by atoms with E-state index in [-0.39, 0.29) is 6.71 Å². The molecule has 4 nitrogen and oxygen atoms in total. The molecule has 10 aromatic carbocycles. The SMILES string of the molecule is c1ccc(-c2cccc(N3c4cc(-c5ccccc5)ccc4B4c5cc6oc7c8ccc(N(c9ccccc9)c9ccccc9)cc8ccc7c6cc5Oc5cccc3c54)c2)cc1. The Morgan fingerprint density at radius 3 is 1.78 bits per heavy atom. The number of hydrogen-bond acceptors (Lipinski definition) is 4. The standard InChI is InChI=1S/C58H37BN2O2/c1-5-15-38(16-6-1)40-19-13-24-45(33-40)61-52-25-14-26-54-57(52)59(50-32-28-41(35-53(50)61)39-17-7-2-8-18-39)51-37-55-49(36-56(51)62-54)48-30-27-42-34-46(29-31-47(42)58(48)63-55)60(43-20-9-3-10-21-43)44-22-11-4-12-23-44/h1-37H. The molecule has 0 N–H and O–H groups in total. The molecule has 0 unspecified atom stereocenters. The van der Waals surface area contributed by atoms with Gasteiger partial charge in [-0.25, -0.2) is 0 Å². The molecule has 2 aliphatic rings. The zero-order valence-corrected chi connectivity index (χ0v) is 34.2. The van der Waals surface area contributed by atoms with Gasteiger partial charge < -0.3 is 19.0 Å². The largest absolute Gasteiger partial charge is 0.458 e. The summed E-state index contributed by atoms with van der Waals surface area (Å²) >= 11 is 0. The molecule has 2 aliphatic heterocycles. The van der Waals surface area contributed by atoms with E-state index in [9.17, 15) is 0 Å². The molecule has 0 radical (unpaired) electrons. The Morgan fingerprint density at radius 1 is 0.397 bits per heavy atom. The third kappa shape index (κ3) is 5.71. The molecule has 294 valence electrons. The van der Waals surface area contributed by atoms with Crippen molar-refractivity contribution in [3.05, 3.63) is 224 Å². The van der Waals surface area contributed by atoms with Crippen molar-refractivity contribution in [3.63, 3.8) is 0 Å². The zero-order chi connectivity index (χ0) is 41.4. The van der Waals surface area contributed by atoms with Gasteiger partial charge >= 0.3 is 0 Å². The van der Waals surface area contributed by atoms with Crippen molar-refractivity contribution in [2.24, 2.45) is 0 Å². The molecule has 0 amide bonds. The minimum Gasteiger partial charge on any atom is -0.458 e. The van der Waals surface area contributed by atoms with Gasteiger partial charge in [0.1, 0.15) is 22.7 Å². The monoisotopic (exact) mass is 804 g/mol. The predicted molar refractivity (Wildman–Crippen MR) is 263 cm³/mol. The summed E-state index contributed by atoms with van der Waals surface area (Å²) in [7, 11) is 0. The van der Waals surface area contributed by atoms with Gasteiger partial charge in [-0.2, -0.15) is 0 Å². The number of ether oxygens (including phenoxy) is 1. The van der Waals surface area contributed by atoms with Gasteiger partial charge in [-0.15, -0.1) is 0 Å². The summed E-state index contributed by atoms with van der Waals surface area (Å²) in [6.07, 6.45) is 0. The van der Waals surface area contributed by atoms with Gasteiger partial charge in [0.2, 0.25) is 0 Å². The van der Waals surface area contributed by atoms with Crippen LogP contribution in [0, 0.1) is 0 Å². The van der Waals surface area contributed by atoms with Crippen molar-refractivity contribution in [1.29, 1.82) is 0 Å². The van der Waals surface area contributed by atoms with Crippen molar-refractivity contribution in [3.8, 4) is 33.8 Å². The van der Waals surface area contributed by atoms with E-state index in [1.807, 2.05) is 0 Å². The summed E-state index contributed by atoms with van der Waals surface area (Å²) in [5.74, 6) is 1.73. The fourth-order valence-electron chi connectivity index (χ4n) is 10.0. The first-order chi connectivity index (χ1) is 31.2. The smallest absolute Gasteiger partial charge is 0.256 e. The van der Waals surface area contributed by atoms with Crippen molar-refractivity contribution in [2.75, 3.05) is 9.80 Å². The minimum absolute atomic E-state index is 0.0767. The summed E-state index contributed by atoms with van der Waals surface area (Å²) in [5, 5.41) is 4.29. The maximum atomic E-state index is 6.98. The molecule has 0 saturated carbocycles. The molecule has 63 heavy (non-hydrogen) atoms. The first-order valence-corrected chi connectivity index (χ1v) is 21.5. The van der Waals surface area contributed by atoms with Crippen LogP contribution in [0.15, 0.2) is 229 Å². The highest BCUT2D eigenvalue weighted by Gasteiger charge is 2.42. The Balaban J connectivity index is 0.974. The summed E-state index contributed by atoms with van der Waals surface area (Å²) in [4.78, 5) is 4.72. The van der Waals surface area contributed by atoms with Crippen molar-refractivity contribution in [2.45, 2.75) is 0 Å². The molecule has 0 bridgehead atoms. The van der Waals surface area contributed by atoms with Crippen LogP contribution in [0.4, 0.5) is 34.1 Å². The lowest BCUT2D eigenvalue weighted by molar-refractivity contribution is 0.488. The summed E-state index contributed by atoms with van der Waals surface area (Å²) in [6, 6.07) is 80.2. The first kappa shape index (κ1) is 35.5. The molecule has 1 aromatic heterocycles. The maximum Gasteiger partial charge on any atom is 0.256 e. The van der Waals surface area contributed by atoms with Crippen LogP contribution < -0.4 is 30.9 Å². The quantitative estimate of drug-likeness (QED) is 0.157. The Morgan fingerprint density at radius 2 is 1.05 bits per heavy atom. The third-order valence-corrected chi connectivity index (χ3v) is 12.9. The van der Waals surface area contributed by atoms with Gasteiger partial charge in [0.15, 0.2) is 0 Å². The Labute approximate surface area is 365 Å². The van der Waals surface area contributed by atoms with Crippen LogP contribution in [0.25, 0.3) is 55.0 Å². The Bertz CT molecular complexity index is 3510. The van der Waals surface area contributed by atoms with Crippen LogP contribution in [0.5, 0.6) is 11.5 Å². The van der Waals surface area contributed by atoms with Crippen LogP contribution in [0.2, 0.25) is 0 Å². The highest BCUT2D eigenvalue weighted by atomic mass is 16.5. The first-order valence-electron chi connectivity index (χ1n) is 21.5. The molecule has 5 heteroatoms. The predicted octanol–water partition coefficient (Wildman–Crippen LogP) is 13.9. The average Bonchev–Trinajstić information content (AvgIpc) is 3.72. The number of benzene rings is 10. The molecular formula is C58H37BN2O2. The molecule has 0 fully saturated rings. The summed E-state index contributed by atoms with van der Waals surface area (Å²) in [5.41, 5.74) is 16.6. The van der Waals surface area contributed by atoms with Crippen LogP contribution in [-0.2, 0) is 0 Å². The topological polar surface area (TPSA) is 28.9 Å². The Hall–Kier alpha value is -8.28. The molecule has 13 rings (SSSR count). The lowest BCUT2D eigenvalue weighted by Crippen LogP contribution is -2.59. The van der Waals surface area contributed by atoms with Crippen LogP contribution in [0.1, 0.15) is 0 Å². The van der Waals surface area contributed by atoms with Gasteiger partial charge in [0.05, 0.1) is 0 Å². The second-order valence-corrected chi connectivity index (χ2v) is 16.5. The fraction of sp³-hybridized carbons (Fsp3) is 0. The molecule has 11 aromatic rings. The summed E-state index contributed by atoms with van der Waals surface area (Å²) in [6.45, 7) is -0.0767. The second-order valence-electron chi connectivity index (χ2n) is 16.5.